The highest BCUT2D eigenvalue weighted by molar-refractivity contribution is 5.97. The minimum atomic E-state index is -1.09. The van der Waals surface area contributed by atoms with Gasteiger partial charge in [-0.2, -0.15) is 0 Å². The maximum Gasteiger partial charge on any atom is 0.321 e. The summed E-state index contributed by atoms with van der Waals surface area (Å²) < 4.78 is 15.9. The van der Waals surface area contributed by atoms with E-state index in [4.69, 9.17) is 14.0 Å². The molecular weight excluding hydrogens is 390 g/mol. The Labute approximate surface area is 175 Å². The highest BCUT2D eigenvalue weighted by Crippen LogP contribution is 2.18. The summed E-state index contributed by atoms with van der Waals surface area (Å²) in [6.45, 7) is 8.94. The Bertz CT molecular complexity index is 869. The Kier molecular flexibility index (Phi) is 7.97. The maximum absolute atomic E-state index is 12.1. The number of aryl methyl sites for hydroxylation is 2. The van der Waals surface area contributed by atoms with Crippen molar-refractivity contribution in [2.75, 3.05) is 0 Å². The summed E-state index contributed by atoms with van der Waals surface area (Å²) in [7, 11) is 0. The first-order valence-electron chi connectivity index (χ1n) is 9.60. The van der Waals surface area contributed by atoms with E-state index in [2.05, 4.69) is 15.8 Å². The highest BCUT2D eigenvalue weighted by Gasteiger charge is 2.20. The zero-order chi connectivity index (χ0) is 22.3. The summed E-state index contributed by atoms with van der Waals surface area (Å²) in [6, 6.07) is 6.22. The lowest BCUT2D eigenvalue weighted by Crippen LogP contribution is -2.46. The molecule has 0 saturated carbocycles. The molecule has 0 aliphatic heterocycles. The van der Waals surface area contributed by atoms with Gasteiger partial charge in [-0.15, -0.1) is 0 Å². The molecular formula is C21H27N3O6. The van der Waals surface area contributed by atoms with Gasteiger partial charge in [-0.25, -0.2) is 4.79 Å². The molecule has 1 heterocycles. The molecule has 162 valence electrons. The van der Waals surface area contributed by atoms with E-state index >= 15 is 0 Å². The summed E-state index contributed by atoms with van der Waals surface area (Å²) >= 11 is 0. The van der Waals surface area contributed by atoms with Crippen LogP contribution in [0.5, 0.6) is 5.75 Å². The number of carbonyl (C=O) groups excluding carboxylic acids is 3. The van der Waals surface area contributed by atoms with E-state index in [1.807, 2.05) is 13.8 Å². The monoisotopic (exact) mass is 417 g/mol. The van der Waals surface area contributed by atoms with E-state index in [-0.39, 0.29) is 12.5 Å². The summed E-state index contributed by atoms with van der Waals surface area (Å²) in [6.07, 6.45) is -1.10. The summed E-state index contributed by atoms with van der Waals surface area (Å²) in [5, 5.41) is 8.53. The second kappa shape index (κ2) is 10.4. The fraction of sp³-hybridized carbons (Fsp3) is 0.429. The minimum absolute atomic E-state index is 0.0139. The van der Waals surface area contributed by atoms with Crippen LogP contribution in [0.1, 0.15) is 43.4 Å². The predicted molar refractivity (Wildman–Crippen MR) is 108 cm³/mol. The first-order valence-corrected chi connectivity index (χ1v) is 9.60. The van der Waals surface area contributed by atoms with Crippen LogP contribution in [0.25, 0.3) is 0 Å². The lowest BCUT2D eigenvalue weighted by molar-refractivity contribution is -0.153. The second-order valence-electron chi connectivity index (χ2n) is 7.16. The lowest BCUT2D eigenvalue weighted by atomic mass is 10.1. The Morgan fingerprint density at radius 2 is 1.77 bits per heavy atom. The molecule has 2 aromatic rings. The molecule has 0 bridgehead atoms. The normalized spacial score (nSPS) is 11.7. The van der Waals surface area contributed by atoms with Gasteiger partial charge >= 0.3 is 12.0 Å². The third-order valence-corrected chi connectivity index (χ3v) is 4.17. The molecule has 3 amide bonds. The Morgan fingerprint density at radius 3 is 2.33 bits per heavy atom. The van der Waals surface area contributed by atoms with Crippen LogP contribution in [-0.2, 0) is 27.4 Å². The van der Waals surface area contributed by atoms with Gasteiger partial charge in [0.05, 0.1) is 17.7 Å². The van der Waals surface area contributed by atoms with Gasteiger partial charge in [-0.1, -0.05) is 17.3 Å². The quantitative estimate of drug-likeness (QED) is 0.634. The van der Waals surface area contributed by atoms with E-state index in [0.717, 1.165) is 11.3 Å². The van der Waals surface area contributed by atoms with Gasteiger partial charge in [0, 0.05) is 6.04 Å². The fourth-order valence-corrected chi connectivity index (χ4v) is 2.54. The predicted octanol–water partition coefficient (Wildman–Crippen LogP) is 2.58. The SMILES string of the molecule is Cc1noc(C)c1COc1ccc(CC(=O)O[C@H](C)C(=O)NC(=O)NC(C)C)cc1. The standard InChI is InChI=1S/C21H27N3O6/c1-12(2)22-21(27)23-20(26)15(5)29-19(25)10-16-6-8-17(9-7-16)28-11-18-13(3)24-30-14(18)4/h6-9,12,15H,10-11H2,1-5H3,(H2,22,23,26,27)/t15-/m1/s1. The molecule has 9 heteroatoms. The Balaban J connectivity index is 1.81. The molecule has 30 heavy (non-hydrogen) atoms. The number of ether oxygens (including phenoxy) is 2. The van der Waals surface area contributed by atoms with Crippen LogP contribution in [0.3, 0.4) is 0 Å². The number of hydrogen-bond acceptors (Lipinski definition) is 7. The largest absolute Gasteiger partial charge is 0.489 e. The van der Waals surface area contributed by atoms with Crippen molar-refractivity contribution in [2.45, 2.75) is 59.8 Å². The number of carbonyl (C=O) groups is 3. The molecule has 1 atom stereocenters. The zero-order valence-corrected chi connectivity index (χ0v) is 17.8. The molecule has 9 nitrogen and oxygen atoms in total. The zero-order valence-electron chi connectivity index (χ0n) is 17.8. The first kappa shape index (κ1) is 22.9. The smallest absolute Gasteiger partial charge is 0.321 e. The van der Waals surface area contributed by atoms with Crippen molar-refractivity contribution >= 4 is 17.9 Å². The van der Waals surface area contributed by atoms with Gasteiger partial charge in [0.2, 0.25) is 0 Å². The third-order valence-electron chi connectivity index (χ3n) is 4.17. The number of nitrogens with zero attached hydrogens (tertiary/aromatic N) is 1. The van der Waals surface area contributed by atoms with E-state index in [1.54, 1.807) is 38.1 Å². The Morgan fingerprint density at radius 1 is 1.10 bits per heavy atom. The van der Waals surface area contributed by atoms with Gasteiger partial charge in [0.15, 0.2) is 6.10 Å². The van der Waals surface area contributed by atoms with Gasteiger partial charge in [-0.3, -0.25) is 14.9 Å². The number of amides is 3. The number of aromatic nitrogens is 1. The molecule has 0 radical (unpaired) electrons. The van der Waals surface area contributed by atoms with Gasteiger partial charge in [0.25, 0.3) is 5.91 Å². The molecule has 1 aromatic carbocycles. The van der Waals surface area contributed by atoms with Crippen LogP contribution < -0.4 is 15.4 Å². The van der Waals surface area contributed by atoms with Crippen LogP contribution >= 0.6 is 0 Å². The van der Waals surface area contributed by atoms with Crippen molar-refractivity contribution in [2.24, 2.45) is 0 Å². The second-order valence-corrected chi connectivity index (χ2v) is 7.16. The molecule has 0 aliphatic rings. The molecule has 0 fully saturated rings. The van der Waals surface area contributed by atoms with Crippen molar-refractivity contribution in [3.8, 4) is 5.75 Å². The van der Waals surface area contributed by atoms with Gasteiger partial charge in [-0.05, 0) is 52.3 Å². The number of urea groups is 1. The Hall–Kier alpha value is -3.36. The van der Waals surface area contributed by atoms with Crippen molar-refractivity contribution < 1.29 is 28.4 Å². The maximum atomic E-state index is 12.1. The lowest BCUT2D eigenvalue weighted by Gasteiger charge is -2.14. The highest BCUT2D eigenvalue weighted by atomic mass is 16.5. The molecule has 0 spiro atoms. The summed E-state index contributed by atoms with van der Waals surface area (Å²) in [5.41, 5.74) is 2.39. The van der Waals surface area contributed by atoms with Gasteiger partial charge < -0.3 is 19.3 Å². The number of hydrogen-bond donors (Lipinski definition) is 2. The van der Waals surface area contributed by atoms with Crippen LogP contribution in [0.4, 0.5) is 4.79 Å². The van der Waals surface area contributed by atoms with E-state index < -0.39 is 24.0 Å². The summed E-state index contributed by atoms with van der Waals surface area (Å²) in [5.74, 6) is 0.0821. The van der Waals surface area contributed by atoms with Crippen LogP contribution in [0, 0.1) is 13.8 Å². The molecule has 2 rings (SSSR count). The number of imide groups is 1. The van der Waals surface area contributed by atoms with Crippen molar-refractivity contribution in [3.05, 3.63) is 46.8 Å². The average Bonchev–Trinajstić information content (AvgIpc) is 2.98. The molecule has 0 aliphatic carbocycles. The average molecular weight is 417 g/mol. The number of rotatable bonds is 8. The summed E-state index contributed by atoms with van der Waals surface area (Å²) in [4.78, 5) is 35.5. The van der Waals surface area contributed by atoms with Crippen LogP contribution in [0.15, 0.2) is 28.8 Å². The number of nitrogens with one attached hydrogen (secondary N) is 2. The molecule has 0 saturated heterocycles. The van der Waals surface area contributed by atoms with E-state index in [0.29, 0.717) is 23.7 Å². The molecule has 0 unspecified atom stereocenters. The van der Waals surface area contributed by atoms with E-state index in [1.165, 1.54) is 6.92 Å². The van der Waals surface area contributed by atoms with Crippen molar-refractivity contribution in [3.63, 3.8) is 0 Å². The van der Waals surface area contributed by atoms with Crippen LogP contribution in [0.2, 0.25) is 0 Å². The minimum Gasteiger partial charge on any atom is -0.489 e. The molecule has 2 N–H and O–H groups in total. The molecule has 1 aromatic heterocycles. The van der Waals surface area contributed by atoms with Crippen LogP contribution in [-0.4, -0.2) is 35.2 Å². The number of benzene rings is 1. The van der Waals surface area contributed by atoms with E-state index in [9.17, 15) is 14.4 Å². The van der Waals surface area contributed by atoms with Gasteiger partial charge in [0.1, 0.15) is 18.1 Å². The number of esters is 1. The first-order chi connectivity index (χ1) is 14.2. The fourth-order valence-electron chi connectivity index (χ4n) is 2.54. The van der Waals surface area contributed by atoms with Crippen molar-refractivity contribution in [1.29, 1.82) is 0 Å². The van der Waals surface area contributed by atoms with Crippen molar-refractivity contribution in [1.82, 2.24) is 15.8 Å². The topological polar surface area (TPSA) is 120 Å². The third kappa shape index (κ3) is 6.91.